The van der Waals surface area contributed by atoms with Gasteiger partial charge < -0.3 is 31.1 Å². The Morgan fingerprint density at radius 2 is 1.67 bits per heavy atom. The molecule has 12 heteroatoms. The standard InChI is InChI=1S/C27H33ClF2N4S.C9H23N4/c1-20-6-5-13-34(20)23-9-11-24(12-10-23)35-33-16-14-32(15-17-33)26-19-22(18-25(28)31-26)27(29,30)21-7-3-2-4-8-21;1-3-12-6-9-13(2,7-4-10)8-5-11/h9-12,18-19,21H,1-8,13-17H2;3,12H,1,4-11H2,2H3/q;+1. The number of pyridine rings is 1. The molecule has 0 spiro atoms. The second kappa shape index (κ2) is 18.5. The number of aromatic nitrogens is 1. The van der Waals surface area contributed by atoms with E-state index < -0.39 is 11.8 Å². The first-order valence-electron chi connectivity index (χ1n) is 17.5. The molecule has 0 radical (unpaired) electrons. The Morgan fingerprint density at radius 1 is 1.00 bits per heavy atom. The zero-order valence-corrected chi connectivity index (χ0v) is 30.3. The van der Waals surface area contributed by atoms with Crippen LogP contribution in [-0.2, 0) is 5.92 Å². The second-order valence-electron chi connectivity index (χ2n) is 13.3. The molecule has 0 bridgehead atoms. The molecule has 5 rings (SSSR count). The fraction of sp³-hybridized carbons (Fsp3) is 0.583. The van der Waals surface area contributed by atoms with Crippen molar-refractivity contribution in [1.82, 2.24) is 14.6 Å². The van der Waals surface area contributed by atoms with E-state index in [1.165, 1.54) is 28.8 Å². The number of hydrogen-bond acceptors (Lipinski definition) is 8. The molecule has 2 aliphatic heterocycles. The molecule has 0 atom stereocenters. The molecular formula is C36H56ClF2N8S+. The number of benzene rings is 1. The zero-order valence-electron chi connectivity index (χ0n) is 28.7. The number of halogens is 3. The maximum atomic E-state index is 15.3. The lowest BCUT2D eigenvalue weighted by Crippen LogP contribution is -2.52. The van der Waals surface area contributed by atoms with Crippen LogP contribution in [0.25, 0.3) is 0 Å². The Kier molecular flexibility index (Phi) is 14.8. The summed E-state index contributed by atoms with van der Waals surface area (Å²) in [5, 5.41) is 3.23. The van der Waals surface area contributed by atoms with Gasteiger partial charge in [-0.2, -0.15) is 0 Å². The smallest absolute Gasteiger partial charge is 0.276 e. The first kappa shape index (κ1) is 38.4. The number of piperazine rings is 1. The Balaban J connectivity index is 0.000000341. The van der Waals surface area contributed by atoms with Crippen molar-refractivity contribution in [2.45, 2.75) is 55.8 Å². The summed E-state index contributed by atoms with van der Waals surface area (Å²) in [7, 11) is 2.19. The highest BCUT2D eigenvalue weighted by atomic mass is 35.5. The molecule has 3 heterocycles. The van der Waals surface area contributed by atoms with Gasteiger partial charge in [-0.3, -0.25) is 0 Å². The summed E-state index contributed by atoms with van der Waals surface area (Å²) in [6.07, 6.45) is 7.91. The Labute approximate surface area is 296 Å². The van der Waals surface area contributed by atoms with E-state index >= 15 is 8.78 Å². The molecule has 1 aromatic carbocycles. The maximum Gasteiger partial charge on any atom is 0.276 e. The first-order chi connectivity index (χ1) is 23.1. The molecular weight excluding hydrogens is 650 g/mol. The van der Waals surface area contributed by atoms with Gasteiger partial charge in [-0.25, -0.2) is 18.1 Å². The minimum atomic E-state index is -2.87. The number of nitrogens with zero attached hydrogens (tertiary/aromatic N) is 5. The van der Waals surface area contributed by atoms with Crippen molar-refractivity contribution in [3.63, 3.8) is 0 Å². The highest BCUT2D eigenvalue weighted by Crippen LogP contribution is 2.45. The molecule has 1 saturated carbocycles. The van der Waals surface area contributed by atoms with Gasteiger partial charge in [0.1, 0.15) is 11.0 Å². The number of likely N-dealkylation sites (N-methyl/N-ethyl adjacent to an activating group) is 1. The van der Waals surface area contributed by atoms with E-state index in [1.807, 2.05) is 0 Å². The average Bonchev–Trinajstić information content (AvgIpc) is 3.52. The molecule has 266 valence electrons. The molecule has 3 aliphatic rings. The molecule has 3 fully saturated rings. The van der Waals surface area contributed by atoms with Gasteiger partial charge in [0.25, 0.3) is 5.92 Å². The maximum absolute atomic E-state index is 15.3. The third-order valence-corrected chi connectivity index (χ3v) is 11.0. The number of alkyl halides is 2. The topological polar surface area (TPSA) is 86.7 Å². The Bertz CT molecular complexity index is 1290. The van der Waals surface area contributed by atoms with Crippen molar-refractivity contribution in [1.29, 1.82) is 0 Å². The van der Waals surface area contributed by atoms with E-state index in [-0.39, 0.29) is 10.7 Å². The molecule has 8 nitrogen and oxygen atoms in total. The van der Waals surface area contributed by atoms with Gasteiger partial charge in [-0.05, 0) is 80.2 Å². The summed E-state index contributed by atoms with van der Waals surface area (Å²) in [5.41, 5.74) is 13.5. The normalized spacial score (nSPS) is 18.1. The molecule has 2 saturated heterocycles. The Morgan fingerprint density at radius 3 is 2.25 bits per heavy atom. The Hall–Kier alpha value is -2.41. The molecule has 1 aliphatic carbocycles. The van der Waals surface area contributed by atoms with Gasteiger partial charge in [0.2, 0.25) is 0 Å². The van der Waals surface area contributed by atoms with Crippen LogP contribution in [0, 0.1) is 5.92 Å². The molecule has 48 heavy (non-hydrogen) atoms. The van der Waals surface area contributed by atoms with E-state index in [1.54, 1.807) is 24.2 Å². The quantitative estimate of drug-likeness (QED) is 0.0898. The van der Waals surface area contributed by atoms with Gasteiger partial charge in [0, 0.05) is 73.6 Å². The van der Waals surface area contributed by atoms with Crippen LogP contribution in [0.3, 0.4) is 0 Å². The summed E-state index contributed by atoms with van der Waals surface area (Å²) in [4.78, 5) is 9.96. The van der Waals surface area contributed by atoms with Crippen molar-refractivity contribution in [2.75, 3.05) is 88.8 Å². The average molecular weight is 706 g/mol. The van der Waals surface area contributed by atoms with E-state index in [9.17, 15) is 0 Å². The number of quaternary nitrogens is 1. The number of rotatable bonds is 14. The van der Waals surface area contributed by atoms with Crippen LogP contribution in [0.5, 0.6) is 0 Å². The lowest BCUT2D eigenvalue weighted by molar-refractivity contribution is -0.905. The third kappa shape index (κ3) is 10.8. The number of hydrogen-bond donors (Lipinski definition) is 3. The SMILES string of the molecule is C=C1CCCN1c1ccc(SN2CCN(c3cc(C(F)(F)C4CCCCC4)cc(Cl)n3)CC2)cc1.C=CNCC[N+](C)(CCN)CCN. The van der Waals surface area contributed by atoms with Gasteiger partial charge in [-0.15, -0.1) is 0 Å². The van der Waals surface area contributed by atoms with E-state index in [4.69, 9.17) is 23.1 Å². The summed E-state index contributed by atoms with van der Waals surface area (Å²) in [6.45, 7) is 17.2. The molecule has 1 aromatic heterocycles. The zero-order chi connectivity index (χ0) is 34.6. The van der Waals surface area contributed by atoms with Crippen molar-refractivity contribution < 1.29 is 13.3 Å². The minimum Gasteiger partial charge on any atom is -0.386 e. The number of anilines is 2. The third-order valence-electron chi connectivity index (χ3n) is 9.74. The van der Waals surface area contributed by atoms with E-state index in [0.717, 1.165) is 89.1 Å². The van der Waals surface area contributed by atoms with Crippen LogP contribution in [0.4, 0.5) is 20.3 Å². The summed E-state index contributed by atoms with van der Waals surface area (Å²) < 4.78 is 33.9. The van der Waals surface area contributed by atoms with Gasteiger partial charge in [-0.1, -0.05) is 44.0 Å². The monoisotopic (exact) mass is 705 g/mol. The van der Waals surface area contributed by atoms with Gasteiger partial charge in [0.15, 0.2) is 0 Å². The van der Waals surface area contributed by atoms with Gasteiger partial charge in [0.05, 0.1) is 33.2 Å². The number of nitrogens with two attached hydrogens (primary N) is 2. The predicted octanol–water partition coefficient (Wildman–Crippen LogP) is 6.43. The van der Waals surface area contributed by atoms with Crippen LogP contribution in [0.1, 0.15) is 50.5 Å². The minimum absolute atomic E-state index is 0.0111. The van der Waals surface area contributed by atoms with Crippen LogP contribution < -0.4 is 26.6 Å². The highest BCUT2D eigenvalue weighted by molar-refractivity contribution is 7.97. The molecule has 5 N–H and O–H groups in total. The summed E-state index contributed by atoms with van der Waals surface area (Å²) >= 11 is 7.97. The van der Waals surface area contributed by atoms with Crippen molar-refractivity contribution in [2.24, 2.45) is 17.4 Å². The number of nitrogens with one attached hydrogen (secondary N) is 1. The molecule has 0 unspecified atom stereocenters. The second-order valence-corrected chi connectivity index (χ2v) is 14.9. The van der Waals surface area contributed by atoms with E-state index in [2.05, 4.69) is 68.9 Å². The largest absolute Gasteiger partial charge is 0.386 e. The van der Waals surface area contributed by atoms with E-state index in [0.29, 0.717) is 31.7 Å². The fourth-order valence-electron chi connectivity index (χ4n) is 6.82. The van der Waals surface area contributed by atoms with Gasteiger partial charge >= 0.3 is 0 Å². The lowest BCUT2D eigenvalue weighted by Gasteiger charge is -2.35. The van der Waals surface area contributed by atoms with Crippen LogP contribution >= 0.6 is 23.5 Å². The van der Waals surface area contributed by atoms with Crippen LogP contribution in [-0.4, -0.2) is 92.8 Å². The molecule has 0 amide bonds. The van der Waals surface area contributed by atoms with Crippen LogP contribution in [0.15, 0.2) is 66.3 Å². The fourth-order valence-corrected chi connectivity index (χ4v) is 7.93. The lowest BCUT2D eigenvalue weighted by atomic mass is 9.82. The van der Waals surface area contributed by atoms with Crippen LogP contribution in [0.2, 0.25) is 5.15 Å². The predicted molar refractivity (Wildman–Crippen MR) is 199 cm³/mol. The summed E-state index contributed by atoms with van der Waals surface area (Å²) in [5.74, 6) is -2.92. The first-order valence-corrected chi connectivity index (χ1v) is 18.6. The van der Waals surface area contributed by atoms with Crippen molar-refractivity contribution in [3.8, 4) is 0 Å². The molecule has 2 aromatic rings. The highest BCUT2D eigenvalue weighted by Gasteiger charge is 2.42. The van der Waals surface area contributed by atoms with Crippen molar-refractivity contribution >= 4 is 35.1 Å². The number of allylic oxidation sites excluding steroid dienone is 1. The summed E-state index contributed by atoms with van der Waals surface area (Å²) in [6, 6.07) is 11.6. The van der Waals surface area contributed by atoms with Crippen molar-refractivity contribution in [3.05, 3.63) is 72.2 Å².